The molecule has 1 aliphatic rings. The van der Waals surface area contributed by atoms with E-state index in [0.29, 0.717) is 5.92 Å². The second kappa shape index (κ2) is 11.1. The number of likely N-dealkylation sites (tertiary alicyclic amines) is 1. The number of benzene rings is 2. The molecule has 156 valence electrons. The van der Waals surface area contributed by atoms with E-state index in [9.17, 15) is 4.79 Å². The van der Waals surface area contributed by atoms with E-state index in [4.69, 9.17) is 0 Å². The van der Waals surface area contributed by atoms with Gasteiger partial charge in [-0.3, -0.25) is 14.6 Å². The molecule has 1 saturated heterocycles. The molecule has 2 atom stereocenters. The summed E-state index contributed by atoms with van der Waals surface area (Å²) in [5.41, 5.74) is 2.44. The van der Waals surface area contributed by atoms with Gasteiger partial charge in [0.15, 0.2) is 0 Å². The van der Waals surface area contributed by atoms with Gasteiger partial charge in [0.1, 0.15) is 6.04 Å². The first-order chi connectivity index (χ1) is 14.2. The van der Waals surface area contributed by atoms with E-state index < -0.39 is 0 Å². The van der Waals surface area contributed by atoms with E-state index >= 15 is 0 Å². The number of nitrogens with one attached hydrogen (secondary N) is 1. The molecule has 1 heterocycles. The van der Waals surface area contributed by atoms with Crippen LogP contribution in [0.5, 0.6) is 0 Å². The number of carbonyl (C=O) groups is 1. The van der Waals surface area contributed by atoms with Crippen LogP contribution in [0.2, 0.25) is 0 Å². The number of nitrogens with zero attached hydrogens (tertiary/aromatic N) is 2. The Morgan fingerprint density at radius 3 is 2.38 bits per heavy atom. The molecule has 4 heteroatoms. The van der Waals surface area contributed by atoms with Gasteiger partial charge in [-0.15, -0.1) is 0 Å². The van der Waals surface area contributed by atoms with Crippen molar-refractivity contribution in [2.75, 3.05) is 32.7 Å². The predicted molar refractivity (Wildman–Crippen MR) is 120 cm³/mol. The minimum absolute atomic E-state index is 0.125. The maximum Gasteiger partial charge on any atom is 0.241 e. The molecular weight excluding hydrogens is 358 g/mol. The monoisotopic (exact) mass is 393 g/mol. The Kier molecular flexibility index (Phi) is 8.26. The predicted octanol–water partition coefficient (Wildman–Crippen LogP) is 4.10. The number of hydrogen-bond donors (Lipinski definition) is 1. The first-order valence-corrected chi connectivity index (χ1v) is 11.0. The first-order valence-electron chi connectivity index (χ1n) is 11.0. The highest BCUT2D eigenvalue weighted by Crippen LogP contribution is 2.22. The first kappa shape index (κ1) is 21.5. The lowest BCUT2D eigenvalue weighted by Gasteiger charge is -2.34. The molecule has 2 aromatic carbocycles. The number of likely N-dealkylation sites (N-methyl/N-ethyl adjacent to an activating group) is 1. The standard InChI is InChI=1S/C25H35N3O/c1-3-28(4-2)24(23-15-9-6-10-16-23)25(29)26-18-22-14-11-17-27(20-22)19-21-12-7-5-8-13-21/h5-10,12-13,15-16,22,24H,3-4,11,14,17-20H2,1-2H3,(H,26,29). The maximum atomic E-state index is 13.2. The Hall–Kier alpha value is -2.17. The number of hydrogen-bond acceptors (Lipinski definition) is 3. The van der Waals surface area contributed by atoms with Crippen molar-refractivity contribution in [2.45, 2.75) is 39.3 Å². The fourth-order valence-corrected chi connectivity index (χ4v) is 4.40. The van der Waals surface area contributed by atoms with Gasteiger partial charge in [-0.2, -0.15) is 0 Å². The molecule has 29 heavy (non-hydrogen) atoms. The van der Waals surface area contributed by atoms with Crippen LogP contribution >= 0.6 is 0 Å². The van der Waals surface area contributed by atoms with E-state index in [-0.39, 0.29) is 11.9 Å². The van der Waals surface area contributed by atoms with Gasteiger partial charge in [0.05, 0.1) is 0 Å². The van der Waals surface area contributed by atoms with Gasteiger partial charge < -0.3 is 5.32 Å². The van der Waals surface area contributed by atoms with Gasteiger partial charge in [-0.1, -0.05) is 74.5 Å². The molecule has 2 aromatic rings. The van der Waals surface area contributed by atoms with E-state index in [1.54, 1.807) is 0 Å². The second-order valence-corrected chi connectivity index (χ2v) is 8.01. The van der Waals surface area contributed by atoms with E-state index in [2.05, 4.69) is 71.4 Å². The Balaban J connectivity index is 1.57. The zero-order chi connectivity index (χ0) is 20.5. The van der Waals surface area contributed by atoms with Crippen molar-refractivity contribution < 1.29 is 4.79 Å². The minimum Gasteiger partial charge on any atom is -0.354 e. The highest BCUT2D eigenvalue weighted by molar-refractivity contribution is 5.83. The lowest BCUT2D eigenvalue weighted by atomic mass is 9.97. The summed E-state index contributed by atoms with van der Waals surface area (Å²) in [7, 11) is 0. The summed E-state index contributed by atoms with van der Waals surface area (Å²) in [4.78, 5) is 17.9. The molecule has 1 aliphatic heterocycles. The smallest absolute Gasteiger partial charge is 0.241 e. The highest BCUT2D eigenvalue weighted by Gasteiger charge is 2.27. The molecule has 1 fully saturated rings. The van der Waals surface area contributed by atoms with Gasteiger partial charge in [-0.25, -0.2) is 0 Å². The molecule has 1 amide bonds. The lowest BCUT2D eigenvalue weighted by molar-refractivity contribution is -0.126. The van der Waals surface area contributed by atoms with Crippen LogP contribution in [-0.2, 0) is 11.3 Å². The summed E-state index contributed by atoms with van der Waals surface area (Å²) in [6.07, 6.45) is 2.39. The molecule has 4 nitrogen and oxygen atoms in total. The summed E-state index contributed by atoms with van der Waals surface area (Å²) in [6.45, 7) is 9.91. The third kappa shape index (κ3) is 6.15. The third-order valence-corrected chi connectivity index (χ3v) is 5.96. The Labute approximate surface area is 175 Å². The maximum absolute atomic E-state index is 13.2. The minimum atomic E-state index is -0.213. The van der Waals surface area contributed by atoms with E-state index in [1.165, 1.54) is 18.4 Å². The Morgan fingerprint density at radius 2 is 1.72 bits per heavy atom. The van der Waals surface area contributed by atoms with Gasteiger partial charge in [0.25, 0.3) is 0 Å². The quantitative estimate of drug-likeness (QED) is 0.697. The zero-order valence-corrected chi connectivity index (χ0v) is 17.9. The van der Waals surface area contributed by atoms with Crippen molar-refractivity contribution in [2.24, 2.45) is 5.92 Å². The van der Waals surface area contributed by atoms with Gasteiger partial charge >= 0.3 is 0 Å². The van der Waals surface area contributed by atoms with Crippen molar-refractivity contribution in [1.29, 1.82) is 0 Å². The van der Waals surface area contributed by atoms with Crippen molar-refractivity contribution >= 4 is 5.91 Å². The highest BCUT2D eigenvalue weighted by atomic mass is 16.2. The normalized spacial score (nSPS) is 18.5. The molecule has 0 radical (unpaired) electrons. The summed E-state index contributed by atoms with van der Waals surface area (Å²) in [5.74, 6) is 0.643. The summed E-state index contributed by atoms with van der Waals surface area (Å²) >= 11 is 0. The lowest BCUT2D eigenvalue weighted by Crippen LogP contribution is -2.44. The van der Waals surface area contributed by atoms with Crippen LogP contribution in [0.25, 0.3) is 0 Å². The number of piperidine rings is 1. The Bertz CT molecular complexity index is 730. The van der Waals surface area contributed by atoms with Crippen LogP contribution in [0.1, 0.15) is 43.9 Å². The average molecular weight is 394 g/mol. The molecule has 0 aliphatic carbocycles. The Morgan fingerprint density at radius 1 is 1.07 bits per heavy atom. The molecule has 3 rings (SSSR count). The molecule has 0 bridgehead atoms. The van der Waals surface area contributed by atoms with Crippen molar-refractivity contribution in [3.63, 3.8) is 0 Å². The van der Waals surface area contributed by atoms with Crippen LogP contribution in [0, 0.1) is 5.92 Å². The number of rotatable bonds is 9. The summed E-state index contributed by atoms with van der Waals surface area (Å²) < 4.78 is 0. The fraction of sp³-hybridized carbons (Fsp3) is 0.480. The van der Waals surface area contributed by atoms with E-state index in [1.807, 2.05) is 18.2 Å². The fourth-order valence-electron chi connectivity index (χ4n) is 4.40. The van der Waals surface area contributed by atoms with E-state index in [0.717, 1.165) is 44.8 Å². The number of amides is 1. The topological polar surface area (TPSA) is 35.6 Å². The number of carbonyl (C=O) groups excluding carboxylic acids is 1. The second-order valence-electron chi connectivity index (χ2n) is 8.01. The SMILES string of the molecule is CCN(CC)C(C(=O)NCC1CCCN(Cc2ccccc2)C1)c1ccccc1. The van der Waals surface area contributed by atoms with Gasteiger partial charge in [0.2, 0.25) is 5.91 Å². The van der Waals surface area contributed by atoms with Crippen LogP contribution in [-0.4, -0.2) is 48.4 Å². The molecular formula is C25H35N3O. The molecule has 1 N–H and O–H groups in total. The van der Waals surface area contributed by atoms with Gasteiger partial charge in [-0.05, 0) is 49.5 Å². The van der Waals surface area contributed by atoms with Crippen molar-refractivity contribution in [1.82, 2.24) is 15.1 Å². The zero-order valence-electron chi connectivity index (χ0n) is 17.9. The van der Waals surface area contributed by atoms with Gasteiger partial charge in [0, 0.05) is 19.6 Å². The summed E-state index contributed by atoms with van der Waals surface area (Å²) in [6, 6.07) is 20.6. The molecule has 0 aromatic heterocycles. The summed E-state index contributed by atoms with van der Waals surface area (Å²) in [5, 5.41) is 3.28. The largest absolute Gasteiger partial charge is 0.354 e. The average Bonchev–Trinajstić information content (AvgIpc) is 2.77. The van der Waals surface area contributed by atoms with Crippen LogP contribution < -0.4 is 5.32 Å². The third-order valence-electron chi connectivity index (χ3n) is 5.96. The van der Waals surface area contributed by atoms with Crippen molar-refractivity contribution in [3.8, 4) is 0 Å². The van der Waals surface area contributed by atoms with Crippen molar-refractivity contribution in [3.05, 3.63) is 71.8 Å². The molecule has 0 saturated carbocycles. The molecule has 0 spiro atoms. The van der Waals surface area contributed by atoms with Crippen LogP contribution in [0.4, 0.5) is 0 Å². The van der Waals surface area contributed by atoms with Crippen LogP contribution in [0.15, 0.2) is 60.7 Å². The molecule has 2 unspecified atom stereocenters. The van der Waals surface area contributed by atoms with Crippen LogP contribution in [0.3, 0.4) is 0 Å².